The van der Waals surface area contributed by atoms with E-state index in [0.717, 1.165) is 18.8 Å². The van der Waals surface area contributed by atoms with Gasteiger partial charge in [-0.3, -0.25) is 9.59 Å². The monoisotopic (exact) mass is 466 g/mol. The highest BCUT2D eigenvalue weighted by Crippen LogP contribution is 2.36. The summed E-state index contributed by atoms with van der Waals surface area (Å²) in [6, 6.07) is 13.2. The zero-order chi connectivity index (χ0) is 21.1. The van der Waals surface area contributed by atoms with E-state index in [-0.39, 0.29) is 30.0 Å². The normalized spacial score (nSPS) is 17.9. The summed E-state index contributed by atoms with van der Waals surface area (Å²) in [4.78, 5) is 29.3. The number of nitrogens with zero attached hydrogens (tertiary/aromatic N) is 2. The van der Waals surface area contributed by atoms with Gasteiger partial charge in [-0.25, -0.2) is 4.39 Å². The summed E-state index contributed by atoms with van der Waals surface area (Å²) in [5, 5.41) is 6.28. The Kier molecular flexibility index (Phi) is 7.41. The van der Waals surface area contributed by atoms with E-state index >= 15 is 0 Å². The number of hydrogen-bond acceptors (Lipinski definition) is 4. The molecule has 9 heteroatoms. The van der Waals surface area contributed by atoms with Crippen molar-refractivity contribution in [3.05, 3.63) is 64.9 Å². The average molecular weight is 467 g/mol. The van der Waals surface area contributed by atoms with Crippen molar-refractivity contribution in [3.63, 3.8) is 0 Å². The van der Waals surface area contributed by atoms with E-state index in [0.29, 0.717) is 43.2 Å². The summed E-state index contributed by atoms with van der Waals surface area (Å²) in [6.45, 7) is 3.12. The number of nitrogens with one attached hydrogen (secondary N) is 2. The molecule has 1 spiro atoms. The number of likely N-dealkylation sites (tertiary alicyclic amines) is 1. The molecule has 2 aliphatic rings. The van der Waals surface area contributed by atoms with Gasteiger partial charge >= 0.3 is 0 Å². The molecule has 2 N–H and O–H groups in total. The first-order valence-corrected chi connectivity index (χ1v) is 10.4. The Morgan fingerprint density at radius 2 is 1.81 bits per heavy atom. The van der Waals surface area contributed by atoms with Crippen LogP contribution in [0.3, 0.4) is 0 Å². The lowest BCUT2D eigenvalue weighted by molar-refractivity contribution is -0.125. The molecule has 2 aromatic rings. The van der Waals surface area contributed by atoms with Crippen molar-refractivity contribution in [3.8, 4) is 0 Å². The molecule has 2 aromatic carbocycles. The number of carbonyl (C=O) groups excluding carboxylic acids is 2. The van der Waals surface area contributed by atoms with Crippen molar-refractivity contribution in [2.24, 2.45) is 0 Å². The Labute approximate surface area is 192 Å². The molecule has 0 unspecified atom stereocenters. The van der Waals surface area contributed by atoms with E-state index in [2.05, 4.69) is 15.5 Å². The number of carbonyl (C=O) groups is 2. The Hall–Kier alpha value is -2.35. The van der Waals surface area contributed by atoms with Gasteiger partial charge in [-0.2, -0.15) is 0 Å². The van der Waals surface area contributed by atoms with Gasteiger partial charge in [0.05, 0.1) is 17.3 Å². The number of halogens is 3. The highest BCUT2D eigenvalue weighted by atomic mass is 35.5. The number of amides is 2. The van der Waals surface area contributed by atoms with E-state index in [4.69, 9.17) is 11.6 Å². The molecule has 2 aliphatic heterocycles. The van der Waals surface area contributed by atoms with Crippen LogP contribution < -0.4 is 15.5 Å². The molecule has 4 rings (SSSR count). The van der Waals surface area contributed by atoms with E-state index in [1.807, 2.05) is 4.90 Å². The molecule has 2 fully saturated rings. The number of benzene rings is 2. The molecule has 0 bridgehead atoms. The largest absolute Gasteiger partial charge is 0.351 e. The summed E-state index contributed by atoms with van der Waals surface area (Å²) in [6.07, 6.45) is 1.35. The second-order valence-corrected chi connectivity index (χ2v) is 8.08. The summed E-state index contributed by atoms with van der Waals surface area (Å²) in [5.41, 5.74) is 0.708. The van der Waals surface area contributed by atoms with Gasteiger partial charge in [0.25, 0.3) is 5.91 Å². The highest BCUT2D eigenvalue weighted by molar-refractivity contribution is 6.33. The molecular formula is C22H25Cl2FN4O2. The third-order valence-electron chi connectivity index (χ3n) is 5.99. The van der Waals surface area contributed by atoms with E-state index < -0.39 is 5.54 Å². The SMILES string of the molecule is Cl.O=C(NCCN1CCC2(CC1)C(=O)NCN2c1ccc(F)cc1)c1ccccc1Cl. The summed E-state index contributed by atoms with van der Waals surface area (Å²) >= 11 is 6.07. The van der Waals surface area contributed by atoms with Gasteiger partial charge in [0.15, 0.2) is 0 Å². The Bertz CT molecular complexity index is 933. The standard InChI is InChI=1S/C22H24ClFN4O2.ClH/c23-19-4-2-1-3-18(19)20(29)25-11-14-27-12-9-22(10-13-27)21(30)26-15-28(22)17-7-5-16(24)6-8-17;/h1-8H,9-15H2,(H,25,29)(H,26,30);1H. The molecule has 2 saturated heterocycles. The maximum atomic E-state index is 13.3. The molecule has 166 valence electrons. The minimum absolute atomic E-state index is 0. The van der Waals surface area contributed by atoms with Crippen LogP contribution in [0.25, 0.3) is 0 Å². The molecule has 2 amide bonds. The van der Waals surface area contributed by atoms with Crippen molar-refractivity contribution in [1.29, 1.82) is 0 Å². The maximum absolute atomic E-state index is 13.3. The lowest BCUT2D eigenvalue weighted by Gasteiger charge is -2.43. The third kappa shape index (κ3) is 4.79. The van der Waals surface area contributed by atoms with Crippen molar-refractivity contribution in [2.45, 2.75) is 18.4 Å². The van der Waals surface area contributed by atoms with Crippen LogP contribution in [0.4, 0.5) is 10.1 Å². The molecule has 0 aromatic heterocycles. The molecule has 31 heavy (non-hydrogen) atoms. The Morgan fingerprint density at radius 1 is 1.13 bits per heavy atom. The van der Waals surface area contributed by atoms with Gasteiger partial charge in [0.2, 0.25) is 5.91 Å². The number of piperidine rings is 1. The number of anilines is 1. The van der Waals surface area contributed by atoms with Crippen LogP contribution in [0.15, 0.2) is 48.5 Å². The fraction of sp³-hybridized carbons (Fsp3) is 0.364. The van der Waals surface area contributed by atoms with Gasteiger partial charge in [0, 0.05) is 31.9 Å². The topological polar surface area (TPSA) is 64.7 Å². The van der Waals surface area contributed by atoms with Crippen LogP contribution in [0.2, 0.25) is 5.02 Å². The van der Waals surface area contributed by atoms with Crippen LogP contribution in [0.5, 0.6) is 0 Å². The summed E-state index contributed by atoms with van der Waals surface area (Å²) in [5.74, 6) is -0.454. The van der Waals surface area contributed by atoms with E-state index in [9.17, 15) is 14.0 Å². The smallest absolute Gasteiger partial charge is 0.252 e. The van der Waals surface area contributed by atoms with Crippen LogP contribution in [-0.4, -0.2) is 55.1 Å². The van der Waals surface area contributed by atoms with Crippen LogP contribution in [-0.2, 0) is 4.79 Å². The van der Waals surface area contributed by atoms with Gasteiger partial charge < -0.3 is 20.4 Å². The lowest BCUT2D eigenvalue weighted by Crippen LogP contribution is -2.57. The molecule has 0 aliphatic carbocycles. The quantitative estimate of drug-likeness (QED) is 0.710. The van der Waals surface area contributed by atoms with Gasteiger partial charge in [-0.05, 0) is 49.2 Å². The van der Waals surface area contributed by atoms with Gasteiger partial charge in [-0.15, -0.1) is 12.4 Å². The minimum atomic E-state index is -0.602. The highest BCUT2D eigenvalue weighted by Gasteiger charge is 2.50. The zero-order valence-corrected chi connectivity index (χ0v) is 18.5. The molecule has 0 atom stereocenters. The molecule has 2 heterocycles. The molecule has 0 radical (unpaired) electrons. The van der Waals surface area contributed by atoms with Crippen LogP contribution in [0, 0.1) is 5.82 Å². The van der Waals surface area contributed by atoms with Gasteiger partial charge in [-0.1, -0.05) is 23.7 Å². The van der Waals surface area contributed by atoms with E-state index in [1.54, 1.807) is 36.4 Å². The van der Waals surface area contributed by atoms with Crippen molar-refractivity contribution >= 4 is 41.5 Å². The van der Waals surface area contributed by atoms with Crippen LogP contribution >= 0.6 is 24.0 Å². The predicted molar refractivity (Wildman–Crippen MR) is 121 cm³/mol. The van der Waals surface area contributed by atoms with Crippen molar-refractivity contribution in [2.75, 3.05) is 37.7 Å². The first-order chi connectivity index (χ1) is 14.5. The van der Waals surface area contributed by atoms with Crippen molar-refractivity contribution in [1.82, 2.24) is 15.5 Å². The predicted octanol–water partition coefficient (Wildman–Crippen LogP) is 3.06. The lowest BCUT2D eigenvalue weighted by atomic mass is 9.85. The Morgan fingerprint density at radius 3 is 2.48 bits per heavy atom. The Balaban J connectivity index is 0.00000272. The average Bonchev–Trinajstić information content (AvgIpc) is 3.06. The molecule has 6 nitrogen and oxygen atoms in total. The molecular weight excluding hydrogens is 442 g/mol. The second-order valence-electron chi connectivity index (χ2n) is 7.68. The first-order valence-electron chi connectivity index (χ1n) is 10.1. The summed E-state index contributed by atoms with van der Waals surface area (Å²) in [7, 11) is 0. The maximum Gasteiger partial charge on any atom is 0.252 e. The molecule has 0 saturated carbocycles. The summed E-state index contributed by atoms with van der Waals surface area (Å²) < 4.78 is 13.3. The third-order valence-corrected chi connectivity index (χ3v) is 6.32. The zero-order valence-electron chi connectivity index (χ0n) is 16.9. The van der Waals surface area contributed by atoms with Gasteiger partial charge in [0.1, 0.15) is 11.4 Å². The van der Waals surface area contributed by atoms with Crippen LogP contribution in [0.1, 0.15) is 23.2 Å². The number of hydrogen-bond donors (Lipinski definition) is 2. The van der Waals surface area contributed by atoms with E-state index in [1.165, 1.54) is 12.1 Å². The van der Waals surface area contributed by atoms with Crippen molar-refractivity contribution < 1.29 is 14.0 Å². The first kappa shape index (κ1) is 23.3. The fourth-order valence-corrected chi connectivity index (χ4v) is 4.48. The number of rotatable bonds is 5. The fourth-order valence-electron chi connectivity index (χ4n) is 4.26. The minimum Gasteiger partial charge on any atom is -0.351 e. The second kappa shape index (κ2) is 9.85.